The lowest BCUT2D eigenvalue weighted by Crippen LogP contribution is -2.51. The lowest BCUT2D eigenvalue weighted by atomic mass is 9.85. The fourth-order valence-electron chi connectivity index (χ4n) is 2.27. The Balaban J connectivity index is 2.32. The predicted octanol–water partition coefficient (Wildman–Crippen LogP) is 2.96. The number of likely N-dealkylation sites (tertiary alicyclic amines) is 1. The summed E-state index contributed by atoms with van der Waals surface area (Å²) in [6, 6.07) is 2.20. The van der Waals surface area contributed by atoms with Gasteiger partial charge in [-0.1, -0.05) is 20.8 Å². The quantitative estimate of drug-likeness (QED) is 0.805. The van der Waals surface area contributed by atoms with Crippen molar-refractivity contribution in [3.8, 4) is 5.75 Å². The molecule has 0 unspecified atom stereocenters. The van der Waals surface area contributed by atoms with Crippen molar-refractivity contribution in [1.29, 1.82) is 0 Å². The summed E-state index contributed by atoms with van der Waals surface area (Å²) in [4.78, 5) is 2.09. The van der Waals surface area contributed by atoms with Crippen LogP contribution in [-0.4, -0.2) is 31.1 Å². The first-order valence-electron chi connectivity index (χ1n) is 6.12. The summed E-state index contributed by atoms with van der Waals surface area (Å²) in [6.45, 7) is 7.26. The highest BCUT2D eigenvalue weighted by Gasteiger charge is 2.30. The first-order chi connectivity index (χ1) is 8.27. The number of benzene rings is 1. The minimum Gasteiger partial charge on any atom is -0.487 e. The lowest BCUT2D eigenvalue weighted by molar-refractivity contribution is 0.0370. The molecule has 0 bridgehead atoms. The van der Waals surface area contributed by atoms with Crippen LogP contribution in [0.5, 0.6) is 5.75 Å². The summed E-state index contributed by atoms with van der Waals surface area (Å²) >= 11 is 0. The topological polar surface area (TPSA) is 12.5 Å². The average Bonchev–Trinajstić information content (AvgIpc) is 2.11. The number of likely N-dealkylation sites (N-methyl/N-ethyl adjacent to an activating group) is 1. The number of rotatable bonds is 2. The Labute approximate surface area is 107 Å². The first kappa shape index (κ1) is 13.3. The van der Waals surface area contributed by atoms with Gasteiger partial charge in [0.15, 0.2) is 0 Å². The fraction of sp³-hybridized carbons (Fsp3) is 0.571. The van der Waals surface area contributed by atoms with Crippen LogP contribution in [0.1, 0.15) is 26.3 Å². The molecule has 1 aromatic rings. The zero-order chi connectivity index (χ0) is 13.5. The minimum atomic E-state index is -0.594. The molecule has 1 saturated heterocycles. The van der Waals surface area contributed by atoms with Gasteiger partial charge in [0.25, 0.3) is 0 Å². The molecule has 2 nitrogen and oxygen atoms in total. The maximum atomic E-state index is 13.9. The van der Waals surface area contributed by atoms with E-state index in [2.05, 4.69) is 4.90 Å². The van der Waals surface area contributed by atoms with E-state index < -0.39 is 17.0 Å². The standard InChI is InChI=1S/C14H19F2NO/c1-14(2,3)13-11(16)5-9(15)6-12(13)18-10-7-17(4)8-10/h5-6,10H,7-8H2,1-4H3. The van der Waals surface area contributed by atoms with Gasteiger partial charge in [-0.2, -0.15) is 0 Å². The average molecular weight is 255 g/mol. The van der Waals surface area contributed by atoms with Crippen LogP contribution in [0.2, 0.25) is 0 Å². The summed E-state index contributed by atoms with van der Waals surface area (Å²) in [5.41, 5.74) is 0.0291. The first-order valence-corrected chi connectivity index (χ1v) is 6.12. The van der Waals surface area contributed by atoms with E-state index >= 15 is 0 Å². The minimum absolute atomic E-state index is 0.0253. The largest absolute Gasteiger partial charge is 0.487 e. The zero-order valence-electron chi connectivity index (χ0n) is 11.3. The summed E-state index contributed by atoms with van der Waals surface area (Å²) in [5, 5.41) is 0. The van der Waals surface area contributed by atoms with Crippen molar-refractivity contribution in [3.63, 3.8) is 0 Å². The molecule has 0 aromatic heterocycles. The number of nitrogens with zero attached hydrogens (tertiary/aromatic N) is 1. The van der Waals surface area contributed by atoms with Gasteiger partial charge >= 0.3 is 0 Å². The van der Waals surface area contributed by atoms with E-state index in [1.165, 1.54) is 6.07 Å². The van der Waals surface area contributed by atoms with Crippen LogP contribution >= 0.6 is 0 Å². The van der Waals surface area contributed by atoms with Gasteiger partial charge in [-0.05, 0) is 12.5 Å². The van der Waals surface area contributed by atoms with Crippen LogP contribution in [-0.2, 0) is 5.41 Å². The Bertz CT molecular complexity index is 448. The van der Waals surface area contributed by atoms with Gasteiger partial charge in [0, 0.05) is 30.8 Å². The monoisotopic (exact) mass is 255 g/mol. The van der Waals surface area contributed by atoms with Crippen LogP contribution in [0.4, 0.5) is 8.78 Å². The Morgan fingerprint density at radius 3 is 2.33 bits per heavy atom. The highest BCUT2D eigenvalue weighted by molar-refractivity contribution is 5.40. The molecule has 0 saturated carbocycles. The third-order valence-corrected chi connectivity index (χ3v) is 3.09. The molecular weight excluding hydrogens is 236 g/mol. The van der Waals surface area contributed by atoms with Gasteiger partial charge in [0.05, 0.1) is 0 Å². The summed E-state index contributed by atoms with van der Waals surface area (Å²) in [7, 11) is 1.98. The molecule has 1 aliphatic heterocycles. The molecule has 1 fully saturated rings. The number of hydrogen-bond donors (Lipinski definition) is 0. The smallest absolute Gasteiger partial charge is 0.133 e. The van der Waals surface area contributed by atoms with Gasteiger partial charge < -0.3 is 4.74 Å². The second-order valence-electron chi connectivity index (χ2n) is 5.97. The van der Waals surface area contributed by atoms with Crippen LogP contribution < -0.4 is 4.74 Å². The molecule has 0 aliphatic carbocycles. The van der Waals surface area contributed by atoms with Crippen molar-refractivity contribution in [2.24, 2.45) is 0 Å². The van der Waals surface area contributed by atoms with Crippen molar-refractivity contribution < 1.29 is 13.5 Å². The van der Waals surface area contributed by atoms with E-state index in [1.54, 1.807) is 0 Å². The number of hydrogen-bond acceptors (Lipinski definition) is 2. The maximum absolute atomic E-state index is 13.9. The van der Waals surface area contributed by atoms with Gasteiger partial charge in [-0.25, -0.2) is 8.78 Å². The fourth-order valence-corrected chi connectivity index (χ4v) is 2.27. The second kappa shape index (κ2) is 4.50. The Morgan fingerprint density at radius 2 is 1.83 bits per heavy atom. The SMILES string of the molecule is CN1CC(Oc2cc(F)cc(F)c2C(C)(C)C)C1. The Kier molecular flexibility index (Phi) is 3.32. The Hall–Kier alpha value is -1.16. The van der Waals surface area contributed by atoms with E-state index in [9.17, 15) is 8.78 Å². The van der Waals surface area contributed by atoms with Crippen molar-refractivity contribution in [3.05, 3.63) is 29.3 Å². The molecule has 18 heavy (non-hydrogen) atoms. The summed E-state index contributed by atoms with van der Waals surface area (Å²) in [6.07, 6.45) is 0.0253. The van der Waals surface area contributed by atoms with E-state index in [0.29, 0.717) is 11.3 Å². The van der Waals surface area contributed by atoms with Crippen LogP contribution in [0.15, 0.2) is 12.1 Å². The molecule has 0 spiro atoms. The third-order valence-electron chi connectivity index (χ3n) is 3.09. The maximum Gasteiger partial charge on any atom is 0.133 e. The van der Waals surface area contributed by atoms with Crippen LogP contribution in [0.3, 0.4) is 0 Å². The van der Waals surface area contributed by atoms with Crippen molar-refractivity contribution >= 4 is 0 Å². The van der Waals surface area contributed by atoms with Crippen LogP contribution in [0, 0.1) is 11.6 Å². The zero-order valence-corrected chi connectivity index (χ0v) is 11.3. The molecule has 100 valence electrons. The van der Waals surface area contributed by atoms with Gasteiger partial charge in [-0.15, -0.1) is 0 Å². The van der Waals surface area contributed by atoms with Gasteiger partial charge in [0.2, 0.25) is 0 Å². The molecule has 0 radical (unpaired) electrons. The van der Waals surface area contributed by atoms with Gasteiger partial charge in [0.1, 0.15) is 23.5 Å². The normalized spacial score (nSPS) is 17.7. The molecule has 1 aromatic carbocycles. The highest BCUT2D eigenvalue weighted by atomic mass is 19.1. The summed E-state index contributed by atoms with van der Waals surface area (Å²) < 4.78 is 33.0. The lowest BCUT2D eigenvalue weighted by Gasteiger charge is -2.37. The van der Waals surface area contributed by atoms with E-state index in [-0.39, 0.29) is 6.10 Å². The van der Waals surface area contributed by atoms with Crippen molar-refractivity contribution in [2.75, 3.05) is 20.1 Å². The molecule has 4 heteroatoms. The van der Waals surface area contributed by atoms with E-state index in [0.717, 1.165) is 19.2 Å². The highest BCUT2D eigenvalue weighted by Crippen LogP contribution is 2.35. The Morgan fingerprint density at radius 1 is 1.22 bits per heavy atom. The third kappa shape index (κ3) is 2.64. The molecule has 1 heterocycles. The molecular formula is C14H19F2NO. The molecule has 0 atom stereocenters. The second-order valence-corrected chi connectivity index (χ2v) is 5.97. The number of ether oxygens (including phenoxy) is 1. The summed E-state index contributed by atoms with van der Waals surface area (Å²) in [5.74, 6) is -0.800. The van der Waals surface area contributed by atoms with Crippen molar-refractivity contribution in [2.45, 2.75) is 32.3 Å². The predicted molar refractivity (Wildman–Crippen MR) is 67.0 cm³/mol. The number of halogens is 2. The van der Waals surface area contributed by atoms with E-state index in [4.69, 9.17) is 4.74 Å². The van der Waals surface area contributed by atoms with E-state index in [1.807, 2.05) is 27.8 Å². The van der Waals surface area contributed by atoms with Crippen LogP contribution in [0.25, 0.3) is 0 Å². The molecule has 0 amide bonds. The van der Waals surface area contributed by atoms with Gasteiger partial charge in [-0.3, -0.25) is 4.90 Å². The van der Waals surface area contributed by atoms with Crippen molar-refractivity contribution in [1.82, 2.24) is 4.90 Å². The molecule has 0 N–H and O–H groups in total. The molecule has 2 rings (SSSR count). The molecule has 1 aliphatic rings.